The Morgan fingerprint density at radius 2 is 1.95 bits per heavy atom. The molecule has 5 aromatic rings. The van der Waals surface area contributed by atoms with E-state index in [4.69, 9.17) is 26.2 Å². The Morgan fingerprint density at radius 3 is 2.59 bits per heavy atom. The quantitative estimate of drug-likeness (QED) is 0.269. The number of nitrogens with one attached hydrogen (secondary N) is 2. The van der Waals surface area contributed by atoms with Crippen molar-refractivity contribution in [2.75, 3.05) is 0 Å². The smallest absolute Gasteiger partial charge is 0.315 e. The third-order valence-corrected chi connectivity index (χ3v) is 6.88. The van der Waals surface area contributed by atoms with Gasteiger partial charge in [0.15, 0.2) is 11.5 Å². The number of fused-ring (bicyclic) bond motifs is 1. The standard InChI is InChI=1S/C28H31ClN8O2/c1-14(2)37-16(4)21(15(3)35-37)23-32-22-19(10-11-30-24(22)33-23)17-8-9-18(20(29)12-17)13-31-25(38)26-34-27(36-39-26)28(5,6)7/h8-12,14H,13H2,1-7H3,(H,31,38)(H,30,32,33). The lowest BCUT2D eigenvalue weighted by molar-refractivity contribution is 0.0907. The summed E-state index contributed by atoms with van der Waals surface area (Å²) in [5, 5.41) is 11.9. The van der Waals surface area contributed by atoms with Crippen molar-refractivity contribution in [3.8, 4) is 22.5 Å². The van der Waals surface area contributed by atoms with Gasteiger partial charge in [-0.3, -0.25) is 9.48 Å². The minimum Gasteiger partial charge on any atom is -0.344 e. The van der Waals surface area contributed by atoms with Gasteiger partial charge in [-0.1, -0.05) is 49.7 Å². The van der Waals surface area contributed by atoms with Crippen molar-refractivity contribution in [3.05, 3.63) is 64.2 Å². The average Bonchev–Trinajstić information content (AvgIpc) is 3.59. The summed E-state index contributed by atoms with van der Waals surface area (Å²) in [6, 6.07) is 7.86. The monoisotopic (exact) mass is 546 g/mol. The number of amides is 1. The molecule has 0 aliphatic heterocycles. The van der Waals surface area contributed by atoms with Crippen LogP contribution in [0.2, 0.25) is 5.02 Å². The number of carbonyl (C=O) groups excluding carboxylic acids is 1. The maximum absolute atomic E-state index is 12.5. The van der Waals surface area contributed by atoms with Crippen LogP contribution in [0.5, 0.6) is 0 Å². The van der Waals surface area contributed by atoms with Crippen molar-refractivity contribution < 1.29 is 9.32 Å². The highest BCUT2D eigenvalue weighted by Crippen LogP contribution is 2.33. The highest BCUT2D eigenvalue weighted by atomic mass is 35.5. The topological polar surface area (TPSA) is 127 Å². The first-order chi connectivity index (χ1) is 18.4. The van der Waals surface area contributed by atoms with Crippen molar-refractivity contribution in [2.45, 2.75) is 66.5 Å². The number of H-pyrrole nitrogens is 1. The van der Waals surface area contributed by atoms with Gasteiger partial charge >= 0.3 is 11.8 Å². The number of aryl methyl sites for hydroxylation is 1. The number of carbonyl (C=O) groups is 1. The van der Waals surface area contributed by atoms with Gasteiger partial charge in [0.25, 0.3) is 0 Å². The molecule has 0 saturated heterocycles. The third kappa shape index (κ3) is 5.04. The molecule has 0 radical (unpaired) electrons. The first kappa shape index (κ1) is 26.6. The summed E-state index contributed by atoms with van der Waals surface area (Å²) in [6.45, 7) is 14.3. The van der Waals surface area contributed by atoms with Crippen LogP contribution in [0.25, 0.3) is 33.7 Å². The molecule has 4 heterocycles. The van der Waals surface area contributed by atoms with Crippen LogP contribution in [0.1, 0.15) is 74.1 Å². The summed E-state index contributed by atoms with van der Waals surface area (Å²) in [5.74, 6) is 0.669. The average molecular weight is 547 g/mol. The van der Waals surface area contributed by atoms with Crippen LogP contribution in [0, 0.1) is 13.8 Å². The van der Waals surface area contributed by atoms with Gasteiger partial charge in [-0.05, 0) is 51.0 Å². The number of nitrogens with zero attached hydrogens (tertiary/aromatic N) is 6. The van der Waals surface area contributed by atoms with Crippen LogP contribution in [0.3, 0.4) is 0 Å². The van der Waals surface area contributed by atoms with E-state index in [0.717, 1.165) is 45.0 Å². The van der Waals surface area contributed by atoms with Crippen LogP contribution in [-0.2, 0) is 12.0 Å². The van der Waals surface area contributed by atoms with Crippen LogP contribution in [-0.4, -0.2) is 40.8 Å². The molecule has 0 aliphatic carbocycles. The Balaban J connectivity index is 1.39. The maximum Gasteiger partial charge on any atom is 0.315 e. The Bertz CT molecular complexity index is 1690. The molecule has 0 spiro atoms. The molecule has 1 amide bonds. The number of rotatable bonds is 6. The number of aromatic nitrogens is 7. The van der Waals surface area contributed by atoms with E-state index in [1.165, 1.54) is 0 Å². The van der Waals surface area contributed by atoms with Gasteiger partial charge in [0.05, 0.1) is 11.3 Å². The zero-order valence-corrected chi connectivity index (χ0v) is 23.8. The van der Waals surface area contributed by atoms with Gasteiger partial charge in [-0.25, -0.2) is 9.97 Å². The molecule has 0 fully saturated rings. The van der Waals surface area contributed by atoms with Crippen molar-refractivity contribution in [2.24, 2.45) is 0 Å². The highest BCUT2D eigenvalue weighted by molar-refractivity contribution is 6.31. The Hall–Kier alpha value is -4.05. The van der Waals surface area contributed by atoms with Crippen LogP contribution in [0.15, 0.2) is 35.0 Å². The lowest BCUT2D eigenvalue weighted by Crippen LogP contribution is -2.23. The number of pyridine rings is 1. The molecule has 2 N–H and O–H groups in total. The summed E-state index contributed by atoms with van der Waals surface area (Å²) >= 11 is 6.64. The van der Waals surface area contributed by atoms with Crippen molar-refractivity contribution in [1.29, 1.82) is 0 Å². The normalized spacial score (nSPS) is 12.0. The molecule has 1 aromatic carbocycles. The zero-order chi connectivity index (χ0) is 28.1. The molecule has 0 atom stereocenters. The summed E-state index contributed by atoms with van der Waals surface area (Å²) in [6.07, 6.45) is 1.75. The van der Waals surface area contributed by atoms with Crippen LogP contribution >= 0.6 is 11.6 Å². The lowest BCUT2D eigenvalue weighted by Gasteiger charge is -2.10. The van der Waals surface area contributed by atoms with E-state index in [-0.39, 0.29) is 23.9 Å². The summed E-state index contributed by atoms with van der Waals surface area (Å²) in [5.41, 5.74) is 6.58. The van der Waals surface area contributed by atoms with E-state index in [0.29, 0.717) is 16.5 Å². The number of aromatic amines is 1. The molecular formula is C28H31ClN8O2. The van der Waals surface area contributed by atoms with E-state index in [1.807, 2.05) is 56.6 Å². The van der Waals surface area contributed by atoms with E-state index in [1.54, 1.807) is 6.20 Å². The fourth-order valence-electron chi connectivity index (χ4n) is 4.50. The molecule has 202 valence electrons. The minimum atomic E-state index is -0.454. The zero-order valence-electron chi connectivity index (χ0n) is 23.0. The third-order valence-electron chi connectivity index (χ3n) is 6.53. The number of hydrogen-bond acceptors (Lipinski definition) is 7. The second kappa shape index (κ2) is 9.92. The Labute approximate surface area is 231 Å². The van der Waals surface area contributed by atoms with Crippen LogP contribution < -0.4 is 5.32 Å². The fourth-order valence-corrected chi connectivity index (χ4v) is 4.75. The number of hydrogen-bond donors (Lipinski definition) is 2. The van der Waals surface area contributed by atoms with Crippen molar-refractivity contribution in [1.82, 2.24) is 40.2 Å². The largest absolute Gasteiger partial charge is 0.344 e. The molecule has 5 rings (SSSR count). The van der Waals surface area contributed by atoms with E-state index in [2.05, 4.69) is 46.2 Å². The predicted octanol–water partition coefficient (Wildman–Crippen LogP) is 5.95. The maximum atomic E-state index is 12.5. The number of halogens is 1. The van der Waals surface area contributed by atoms with Gasteiger partial charge in [0, 0.05) is 40.5 Å². The van der Waals surface area contributed by atoms with Crippen molar-refractivity contribution >= 4 is 28.7 Å². The SMILES string of the molecule is Cc1nn(C(C)C)c(C)c1-c1nc2c(-c3ccc(CNC(=O)c4nc(C(C)(C)C)no4)c(Cl)c3)ccnc2[nH]1. The van der Waals surface area contributed by atoms with E-state index < -0.39 is 5.91 Å². The molecule has 39 heavy (non-hydrogen) atoms. The fraction of sp³-hybridized carbons (Fsp3) is 0.357. The summed E-state index contributed by atoms with van der Waals surface area (Å²) < 4.78 is 7.13. The van der Waals surface area contributed by atoms with Gasteiger partial charge in [0.2, 0.25) is 0 Å². The first-order valence-corrected chi connectivity index (χ1v) is 13.1. The number of imidazole rings is 1. The molecule has 0 aliphatic rings. The van der Waals surface area contributed by atoms with Crippen LogP contribution in [0.4, 0.5) is 0 Å². The number of benzene rings is 1. The Kier molecular flexibility index (Phi) is 6.76. The molecule has 4 aromatic heterocycles. The molecule has 10 nitrogen and oxygen atoms in total. The predicted molar refractivity (Wildman–Crippen MR) is 150 cm³/mol. The molecular weight excluding hydrogens is 516 g/mol. The molecule has 11 heteroatoms. The lowest BCUT2D eigenvalue weighted by atomic mass is 9.96. The van der Waals surface area contributed by atoms with Gasteiger partial charge in [-0.15, -0.1) is 0 Å². The molecule has 0 unspecified atom stereocenters. The molecule has 0 saturated carbocycles. The second-order valence-corrected chi connectivity index (χ2v) is 11.3. The first-order valence-electron chi connectivity index (χ1n) is 12.8. The summed E-state index contributed by atoms with van der Waals surface area (Å²) in [4.78, 5) is 29.5. The van der Waals surface area contributed by atoms with Gasteiger partial charge in [0.1, 0.15) is 11.3 Å². The highest BCUT2D eigenvalue weighted by Gasteiger charge is 2.24. The van der Waals surface area contributed by atoms with E-state index in [9.17, 15) is 4.79 Å². The van der Waals surface area contributed by atoms with E-state index >= 15 is 0 Å². The van der Waals surface area contributed by atoms with Gasteiger partial charge in [-0.2, -0.15) is 10.1 Å². The summed E-state index contributed by atoms with van der Waals surface area (Å²) in [7, 11) is 0. The molecule has 0 bridgehead atoms. The minimum absolute atomic E-state index is 0.0782. The van der Waals surface area contributed by atoms with Gasteiger partial charge < -0.3 is 14.8 Å². The van der Waals surface area contributed by atoms with Crippen molar-refractivity contribution in [3.63, 3.8) is 0 Å². The second-order valence-electron chi connectivity index (χ2n) is 10.9. The Morgan fingerprint density at radius 1 is 1.18 bits per heavy atom.